The van der Waals surface area contributed by atoms with Crippen molar-refractivity contribution >= 4 is 0 Å². The van der Waals surface area contributed by atoms with Crippen molar-refractivity contribution in [1.82, 2.24) is 0 Å². The number of alkyl halides is 3. The summed E-state index contributed by atoms with van der Waals surface area (Å²) < 4.78 is 36.9. The van der Waals surface area contributed by atoms with Crippen molar-refractivity contribution in [3.05, 3.63) is 35.4 Å². The van der Waals surface area contributed by atoms with Gasteiger partial charge in [0.2, 0.25) is 0 Å². The second-order valence-corrected chi connectivity index (χ2v) is 4.53. The lowest BCUT2D eigenvalue weighted by atomic mass is 9.97. The summed E-state index contributed by atoms with van der Waals surface area (Å²) in [5, 5.41) is 9.12. The molecule has 1 N–H and O–H groups in total. The molecule has 1 saturated carbocycles. The summed E-state index contributed by atoms with van der Waals surface area (Å²) in [6, 6.07) is 5.20. The van der Waals surface area contributed by atoms with Crippen LogP contribution < -0.4 is 0 Å². The van der Waals surface area contributed by atoms with Crippen LogP contribution in [-0.4, -0.2) is 11.7 Å². The van der Waals surface area contributed by atoms with Gasteiger partial charge in [-0.1, -0.05) is 12.1 Å². The average molecular weight is 230 g/mol. The zero-order chi connectivity index (χ0) is 11.8. The van der Waals surface area contributed by atoms with Crippen molar-refractivity contribution in [3.8, 4) is 0 Å². The lowest BCUT2D eigenvalue weighted by Crippen LogP contribution is -2.10. The SMILES string of the molecule is OCC1(Cc2ccc(C(F)(F)F)cc2)CC1. The van der Waals surface area contributed by atoms with Gasteiger partial charge < -0.3 is 5.11 Å². The molecular weight excluding hydrogens is 217 g/mol. The van der Waals surface area contributed by atoms with Crippen LogP contribution in [0.1, 0.15) is 24.0 Å². The Morgan fingerprint density at radius 2 is 1.69 bits per heavy atom. The molecule has 0 unspecified atom stereocenters. The largest absolute Gasteiger partial charge is 0.416 e. The molecule has 0 aliphatic heterocycles. The van der Waals surface area contributed by atoms with E-state index in [0.29, 0.717) is 6.42 Å². The summed E-state index contributed by atoms with van der Waals surface area (Å²) in [5.41, 5.74) is 0.185. The molecule has 0 aromatic heterocycles. The number of halogens is 3. The Hall–Kier alpha value is -1.03. The first-order valence-electron chi connectivity index (χ1n) is 5.22. The Balaban J connectivity index is 2.08. The summed E-state index contributed by atoms with van der Waals surface area (Å²) in [5.74, 6) is 0. The molecule has 1 aliphatic carbocycles. The van der Waals surface area contributed by atoms with Crippen LogP contribution in [0.5, 0.6) is 0 Å². The highest BCUT2D eigenvalue weighted by atomic mass is 19.4. The van der Waals surface area contributed by atoms with Gasteiger partial charge in [0.15, 0.2) is 0 Å². The zero-order valence-corrected chi connectivity index (χ0v) is 8.72. The van der Waals surface area contributed by atoms with Crippen molar-refractivity contribution in [3.63, 3.8) is 0 Å². The third-order valence-corrected chi connectivity index (χ3v) is 3.15. The van der Waals surface area contributed by atoms with Gasteiger partial charge in [0.1, 0.15) is 0 Å². The van der Waals surface area contributed by atoms with Crippen LogP contribution in [0.15, 0.2) is 24.3 Å². The van der Waals surface area contributed by atoms with Gasteiger partial charge in [0.05, 0.1) is 5.56 Å². The summed E-state index contributed by atoms with van der Waals surface area (Å²) in [6.45, 7) is 0.119. The summed E-state index contributed by atoms with van der Waals surface area (Å²) >= 11 is 0. The third-order valence-electron chi connectivity index (χ3n) is 3.15. The predicted octanol–water partition coefficient (Wildman–Crippen LogP) is 3.02. The number of aliphatic hydroxyl groups is 1. The second kappa shape index (κ2) is 3.77. The smallest absolute Gasteiger partial charge is 0.396 e. The third kappa shape index (κ3) is 2.38. The lowest BCUT2D eigenvalue weighted by Gasteiger charge is -2.12. The molecule has 0 amide bonds. The summed E-state index contributed by atoms with van der Waals surface area (Å²) in [4.78, 5) is 0. The molecule has 1 aromatic carbocycles. The van der Waals surface area contributed by atoms with Crippen molar-refractivity contribution in [2.75, 3.05) is 6.61 Å². The maximum atomic E-state index is 12.3. The first kappa shape index (κ1) is 11.5. The van der Waals surface area contributed by atoms with Crippen LogP contribution in [0, 0.1) is 5.41 Å². The maximum absolute atomic E-state index is 12.3. The average Bonchev–Trinajstić information content (AvgIpc) is 2.98. The summed E-state index contributed by atoms with van der Waals surface area (Å²) in [7, 11) is 0. The molecule has 1 nitrogen and oxygen atoms in total. The molecule has 88 valence electrons. The molecule has 0 atom stereocenters. The van der Waals surface area contributed by atoms with E-state index in [0.717, 1.165) is 30.5 Å². The van der Waals surface area contributed by atoms with Gasteiger partial charge in [-0.2, -0.15) is 13.2 Å². The minimum atomic E-state index is -4.27. The van der Waals surface area contributed by atoms with Crippen molar-refractivity contribution in [2.24, 2.45) is 5.41 Å². The highest BCUT2D eigenvalue weighted by molar-refractivity contribution is 5.26. The van der Waals surface area contributed by atoms with Crippen LogP contribution in [0.4, 0.5) is 13.2 Å². The lowest BCUT2D eigenvalue weighted by molar-refractivity contribution is -0.137. The van der Waals surface area contributed by atoms with Gasteiger partial charge >= 0.3 is 6.18 Å². The molecule has 2 rings (SSSR count). The first-order valence-corrected chi connectivity index (χ1v) is 5.22. The molecule has 4 heteroatoms. The Morgan fingerprint density at radius 1 is 1.12 bits per heavy atom. The molecule has 16 heavy (non-hydrogen) atoms. The van der Waals surface area contributed by atoms with E-state index in [2.05, 4.69) is 0 Å². The van der Waals surface area contributed by atoms with Crippen LogP contribution in [0.25, 0.3) is 0 Å². The van der Waals surface area contributed by atoms with E-state index in [-0.39, 0.29) is 12.0 Å². The van der Waals surface area contributed by atoms with E-state index >= 15 is 0 Å². The van der Waals surface area contributed by atoms with Gasteiger partial charge in [-0.05, 0) is 42.4 Å². The standard InChI is InChI=1S/C12H13F3O/c13-12(14,15)10-3-1-9(2-4-10)7-11(8-16)5-6-11/h1-4,16H,5-8H2. The van der Waals surface area contributed by atoms with Crippen LogP contribution in [-0.2, 0) is 12.6 Å². The molecule has 0 spiro atoms. The number of benzene rings is 1. The number of hydrogen-bond acceptors (Lipinski definition) is 1. The quantitative estimate of drug-likeness (QED) is 0.846. The van der Waals surface area contributed by atoms with E-state index in [1.54, 1.807) is 0 Å². The number of hydrogen-bond donors (Lipinski definition) is 1. The zero-order valence-electron chi connectivity index (χ0n) is 8.72. The van der Waals surface area contributed by atoms with Crippen LogP contribution in [0.2, 0.25) is 0 Å². The fourth-order valence-electron chi connectivity index (χ4n) is 1.81. The molecule has 0 bridgehead atoms. The topological polar surface area (TPSA) is 20.2 Å². The molecule has 0 heterocycles. The fourth-order valence-corrected chi connectivity index (χ4v) is 1.81. The Morgan fingerprint density at radius 3 is 2.06 bits per heavy atom. The molecule has 1 aromatic rings. The van der Waals surface area contributed by atoms with Gasteiger partial charge in [0.25, 0.3) is 0 Å². The Kier molecular flexibility index (Phi) is 2.70. The van der Waals surface area contributed by atoms with Crippen molar-refractivity contribution < 1.29 is 18.3 Å². The Labute approximate surface area is 91.9 Å². The maximum Gasteiger partial charge on any atom is 0.416 e. The predicted molar refractivity (Wildman–Crippen MR) is 53.9 cm³/mol. The number of aliphatic hydroxyl groups excluding tert-OH is 1. The summed E-state index contributed by atoms with van der Waals surface area (Å²) in [6.07, 6.45) is -1.68. The normalized spacial score (nSPS) is 18.5. The van der Waals surface area contributed by atoms with E-state index < -0.39 is 11.7 Å². The van der Waals surface area contributed by atoms with E-state index in [9.17, 15) is 13.2 Å². The van der Waals surface area contributed by atoms with Crippen molar-refractivity contribution in [1.29, 1.82) is 0 Å². The second-order valence-electron chi connectivity index (χ2n) is 4.53. The highest BCUT2D eigenvalue weighted by Gasteiger charge is 2.41. The van der Waals surface area contributed by atoms with Gasteiger partial charge in [-0.25, -0.2) is 0 Å². The first-order chi connectivity index (χ1) is 7.45. The molecule has 0 radical (unpaired) electrons. The number of rotatable bonds is 3. The van der Waals surface area contributed by atoms with Crippen LogP contribution >= 0.6 is 0 Å². The molecule has 1 fully saturated rings. The van der Waals surface area contributed by atoms with Gasteiger partial charge in [-0.3, -0.25) is 0 Å². The molecule has 0 saturated heterocycles. The van der Waals surface area contributed by atoms with Gasteiger partial charge in [-0.15, -0.1) is 0 Å². The van der Waals surface area contributed by atoms with Crippen molar-refractivity contribution in [2.45, 2.75) is 25.4 Å². The van der Waals surface area contributed by atoms with E-state index in [1.165, 1.54) is 12.1 Å². The highest BCUT2D eigenvalue weighted by Crippen LogP contribution is 2.47. The van der Waals surface area contributed by atoms with E-state index in [1.807, 2.05) is 0 Å². The Bertz CT molecular complexity index is 363. The minimum Gasteiger partial charge on any atom is -0.396 e. The van der Waals surface area contributed by atoms with Crippen LogP contribution in [0.3, 0.4) is 0 Å². The minimum absolute atomic E-state index is 0.0558. The van der Waals surface area contributed by atoms with Gasteiger partial charge in [0, 0.05) is 6.61 Å². The van der Waals surface area contributed by atoms with E-state index in [4.69, 9.17) is 5.11 Å². The molecular formula is C12H13F3O. The fraction of sp³-hybridized carbons (Fsp3) is 0.500. The molecule has 1 aliphatic rings. The monoisotopic (exact) mass is 230 g/mol.